The highest BCUT2D eigenvalue weighted by molar-refractivity contribution is 5.74. The van der Waals surface area contributed by atoms with Gasteiger partial charge in [-0.25, -0.2) is 9.78 Å². The molecule has 1 fully saturated rings. The van der Waals surface area contributed by atoms with Crippen LogP contribution in [0.1, 0.15) is 42.4 Å². The number of piperidine rings is 1. The third kappa shape index (κ3) is 3.75. The second-order valence-corrected chi connectivity index (χ2v) is 7.55. The van der Waals surface area contributed by atoms with Crippen LogP contribution in [-0.2, 0) is 11.3 Å². The minimum atomic E-state index is -0.210. The Morgan fingerprint density at radius 1 is 1.25 bits per heavy atom. The van der Waals surface area contributed by atoms with E-state index in [1.54, 1.807) is 7.11 Å². The molecule has 0 spiro atoms. The summed E-state index contributed by atoms with van der Waals surface area (Å²) in [6, 6.07) is 12.2. The Bertz CT molecular complexity index is 879. The topological polar surface area (TPSA) is 51.7 Å². The van der Waals surface area contributed by atoms with Crippen LogP contribution < -0.4 is 4.74 Å². The molecular formula is C23H26N2O3. The summed E-state index contributed by atoms with van der Waals surface area (Å²) in [7, 11) is 1.64. The van der Waals surface area contributed by atoms with Crippen LogP contribution in [0.2, 0.25) is 0 Å². The Balaban J connectivity index is 1.51. The van der Waals surface area contributed by atoms with E-state index < -0.39 is 0 Å². The molecule has 4 rings (SSSR count). The minimum absolute atomic E-state index is 0.0909. The SMILES string of the molecule is COc1ncc(C2=CC3CCCC(C2)N3C(=O)OCc2ccccc2)cc1C. The molecule has 5 nitrogen and oxygen atoms in total. The Morgan fingerprint density at radius 2 is 2.07 bits per heavy atom. The van der Waals surface area contributed by atoms with Gasteiger partial charge in [-0.05, 0) is 55.4 Å². The number of nitrogens with zero attached hydrogens (tertiary/aromatic N) is 2. The van der Waals surface area contributed by atoms with Crippen molar-refractivity contribution >= 4 is 11.7 Å². The lowest BCUT2D eigenvalue weighted by Crippen LogP contribution is -2.51. The maximum atomic E-state index is 12.8. The number of rotatable bonds is 4. The number of methoxy groups -OCH3 is 1. The fourth-order valence-electron chi connectivity index (χ4n) is 4.27. The zero-order valence-electron chi connectivity index (χ0n) is 16.4. The van der Waals surface area contributed by atoms with Crippen molar-refractivity contribution in [2.75, 3.05) is 7.11 Å². The average Bonchev–Trinajstić information content (AvgIpc) is 2.71. The van der Waals surface area contributed by atoms with E-state index in [4.69, 9.17) is 9.47 Å². The smallest absolute Gasteiger partial charge is 0.410 e. The van der Waals surface area contributed by atoms with Gasteiger partial charge in [-0.1, -0.05) is 36.4 Å². The van der Waals surface area contributed by atoms with E-state index in [1.165, 1.54) is 5.57 Å². The average molecular weight is 378 g/mol. The van der Waals surface area contributed by atoms with Crippen LogP contribution in [0.25, 0.3) is 5.57 Å². The molecule has 1 amide bonds. The summed E-state index contributed by atoms with van der Waals surface area (Å²) in [6.07, 6.45) is 7.85. The first-order chi connectivity index (χ1) is 13.7. The lowest BCUT2D eigenvalue weighted by Gasteiger charge is -2.44. The number of aromatic nitrogens is 1. The molecule has 0 aliphatic carbocycles. The summed E-state index contributed by atoms with van der Waals surface area (Å²) in [6.45, 7) is 2.32. The Morgan fingerprint density at radius 3 is 2.79 bits per heavy atom. The molecule has 2 aromatic rings. The van der Waals surface area contributed by atoms with Crippen LogP contribution in [0.3, 0.4) is 0 Å². The molecule has 0 radical (unpaired) electrons. The van der Waals surface area contributed by atoms with E-state index in [0.717, 1.165) is 42.4 Å². The molecule has 2 unspecified atom stereocenters. The van der Waals surface area contributed by atoms with Gasteiger partial charge in [-0.2, -0.15) is 0 Å². The number of pyridine rings is 1. The van der Waals surface area contributed by atoms with Crippen molar-refractivity contribution < 1.29 is 14.3 Å². The standard InChI is InChI=1S/C23H26N2O3/c1-16-11-19(14-24-22(16)27-2)18-12-20-9-6-10-21(13-18)25(20)23(26)28-15-17-7-4-3-5-8-17/h3-5,7-8,11-12,14,20-21H,6,9-10,13,15H2,1-2H3. The zero-order valence-corrected chi connectivity index (χ0v) is 16.4. The van der Waals surface area contributed by atoms with Gasteiger partial charge in [0, 0.05) is 17.8 Å². The summed E-state index contributed by atoms with van der Waals surface area (Å²) >= 11 is 0. The molecule has 3 heterocycles. The van der Waals surface area contributed by atoms with Crippen LogP contribution >= 0.6 is 0 Å². The number of hydrogen-bond acceptors (Lipinski definition) is 4. The van der Waals surface area contributed by atoms with Crippen LogP contribution in [0.5, 0.6) is 5.88 Å². The first-order valence-corrected chi connectivity index (χ1v) is 9.86. The normalized spacial score (nSPS) is 21.1. The largest absolute Gasteiger partial charge is 0.481 e. The number of carbonyl (C=O) groups is 1. The van der Waals surface area contributed by atoms with Gasteiger partial charge in [0.05, 0.1) is 13.2 Å². The summed E-state index contributed by atoms with van der Waals surface area (Å²) in [5, 5.41) is 0. The van der Waals surface area contributed by atoms with E-state index in [0.29, 0.717) is 12.5 Å². The summed E-state index contributed by atoms with van der Waals surface area (Å²) in [4.78, 5) is 19.2. The minimum Gasteiger partial charge on any atom is -0.481 e. The number of hydrogen-bond donors (Lipinski definition) is 0. The third-order valence-electron chi connectivity index (χ3n) is 5.65. The van der Waals surface area contributed by atoms with Gasteiger partial charge in [-0.15, -0.1) is 0 Å². The molecule has 2 aliphatic heterocycles. The van der Waals surface area contributed by atoms with Gasteiger partial charge in [0.1, 0.15) is 6.61 Å². The maximum absolute atomic E-state index is 12.8. The molecule has 1 saturated heterocycles. The second-order valence-electron chi connectivity index (χ2n) is 7.55. The fraction of sp³-hybridized carbons (Fsp3) is 0.391. The number of carbonyl (C=O) groups excluding carboxylic acids is 1. The van der Waals surface area contributed by atoms with E-state index in [9.17, 15) is 4.79 Å². The highest BCUT2D eigenvalue weighted by atomic mass is 16.6. The van der Waals surface area contributed by atoms with Gasteiger partial charge in [0.2, 0.25) is 5.88 Å². The second kappa shape index (κ2) is 8.05. The van der Waals surface area contributed by atoms with Gasteiger partial charge in [0.15, 0.2) is 0 Å². The molecule has 2 aliphatic rings. The zero-order chi connectivity index (χ0) is 19.5. The molecule has 5 heteroatoms. The molecule has 2 bridgehead atoms. The Kier molecular flexibility index (Phi) is 5.33. The molecule has 0 N–H and O–H groups in total. The number of fused-ring (bicyclic) bond motifs is 2. The molecule has 1 aromatic heterocycles. The molecule has 2 atom stereocenters. The summed E-state index contributed by atoms with van der Waals surface area (Å²) in [5.74, 6) is 0.659. The molecule has 28 heavy (non-hydrogen) atoms. The Hall–Kier alpha value is -2.82. The number of ether oxygens (including phenoxy) is 2. The molecular weight excluding hydrogens is 352 g/mol. The molecule has 0 saturated carbocycles. The van der Waals surface area contributed by atoms with Crippen LogP contribution in [0.15, 0.2) is 48.7 Å². The lowest BCUT2D eigenvalue weighted by atomic mass is 9.83. The molecule has 1 aromatic carbocycles. The van der Waals surface area contributed by atoms with E-state index in [2.05, 4.69) is 17.1 Å². The van der Waals surface area contributed by atoms with E-state index in [1.807, 2.05) is 48.4 Å². The van der Waals surface area contributed by atoms with Crippen LogP contribution in [-0.4, -0.2) is 35.2 Å². The van der Waals surface area contributed by atoms with Crippen molar-refractivity contribution in [2.24, 2.45) is 0 Å². The predicted molar refractivity (Wildman–Crippen MR) is 108 cm³/mol. The van der Waals surface area contributed by atoms with Gasteiger partial charge >= 0.3 is 6.09 Å². The van der Waals surface area contributed by atoms with Crippen LogP contribution in [0.4, 0.5) is 4.79 Å². The van der Waals surface area contributed by atoms with Crippen molar-refractivity contribution in [2.45, 2.75) is 51.3 Å². The van der Waals surface area contributed by atoms with Crippen LogP contribution in [0, 0.1) is 6.92 Å². The van der Waals surface area contributed by atoms with Crippen molar-refractivity contribution in [3.05, 3.63) is 65.4 Å². The summed E-state index contributed by atoms with van der Waals surface area (Å²) in [5.41, 5.74) is 4.41. The van der Waals surface area contributed by atoms with Crippen molar-refractivity contribution in [3.8, 4) is 5.88 Å². The number of aryl methyl sites for hydroxylation is 1. The monoisotopic (exact) mass is 378 g/mol. The van der Waals surface area contributed by atoms with Crippen molar-refractivity contribution in [1.82, 2.24) is 9.88 Å². The first-order valence-electron chi connectivity index (χ1n) is 9.86. The first kappa shape index (κ1) is 18.5. The van der Waals surface area contributed by atoms with E-state index >= 15 is 0 Å². The summed E-state index contributed by atoms with van der Waals surface area (Å²) < 4.78 is 10.9. The number of amides is 1. The lowest BCUT2D eigenvalue weighted by molar-refractivity contribution is 0.0510. The molecule has 146 valence electrons. The van der Waals surface area contributed by atoms with Crippen molar-refractivity contribution in [1.29, 1.82) is 0 Å². The van der Waals surface area contributed by atoms with E-state index in [-0.39, 0.29) is 18.2 Å². The van der Waals surface area contributed by atoms with Gasteiger partial charge in [0.25, 0.3) is 0 Å². The highest BCUT2D eigenvalue weighted by Crippen LogP contribution is 2.38. The quantitative estimate of drug-likeness (QED) is 0.771. The highest BCUT2D eigenvalue weighted by Gasteiger charge is 2.38. The number of benzene rings is 1. The maximum Gasteiger partial charge on any atom is 0.410 e. The third-order valence-corrected chi connectivity index (χ3v) is 5.65. The predicted octanol–water partition coefficient (Wildman–Crippen LogP) is 4.75. The Labute approximate surface area is 166 Å². The van der Waals surface area contributed by atoms with Gasteiger partial charge in [-0.3, -0.25) is 4.90 Å². The fourth-order valence-corrected chi connectivity index (χ4v) is 4.27. The van der Waals surface area contributed by atoms with Crippen molar-refractivity contribution in [3.63, 3.8) is 0 Å². The van der Waals surface area contributed by atoms with Gasteiger partial charge < -0.3 is 9.47 Å².